The Morgan fingerprint density at radius 1 is 1.18 bits per heavy atom. The lowest BCUT2D eigenvalue weighted by atomic mass is 9.87. The lowest BCUT2D eigenvalue weighted by Gasteiger charge is -2.21. The summed E-state index contributed by atoms with van der Waals surface area (Å²) < 4.78 is 2.06. The van der Waals surface area contributed by atoms with Gasteiger partial charge in [0.15, 0.2) is 5.78 Å². The van der Waals surface area contributed by atoms with Gasteiger partial charge in [0.25, 0.3) is 0 Å². The van der Waals surface area contributed by atoms with E-state index in [0.29, 0.717) is 18.5 Å². The summed E-state index contributed by atoms with van der Waals surface area (Å²) in [5, 5.41) is 7.45. The number of Topliss-reactive ketones (excluding diaryl/α,β-unsaturated/α-hetero) is 1. The maximum Gasteiger partial charge on any atom is 0.211 e. The Balaban J connectivity index is 2.44. The molecule has 0 aliphatic carbocycles. The van der Waals surface area contributed by atoms with Crippen LogP contribution in [0, 0.1) is 5.92 Å². The second-order valence-electron chi connectivity index (χ2n) is 8.23. The Labute approximate surface area is 167 Å². The number of aryl methyl sites for hydroxylation is 1. The molecule has 0 aliphatic rings. The first-order valence-corrected chi connectivity index (χ1v) is 9.57. The molecule has 2 rings (SSSR count). The molecule has 0 amide bonds. The lowest BCUT2D eigenvalue weighted by molar-refractivity contribution is 0.0932. The van der Waals surface area contributed by atoms with E-state index in [1.807, 2.05) is 38.1 Å². The molecule has 2 aromatic rings. The lowest BCUT2D eigenvalue weighted by Crippen LogP contribution is -2.21. The molecule has 0 saturated carbocycles. The van der Waals surface area contributed by atoms with Gasteiger partial charge in [-0.05, 0) is 48.1 Å². The van der Waals surface area contributed by atoms with Crippen molar-refractivity contribution in [2.24, 2.45) is 27.6 Å². The molecule has 6 nitrogen and oxygen atoms in total. The van der Waals surface area contributed by atoms with Gasteiger partial charge in [0.05, 0.1) is 5.69 Å². The van der Waals surface area contributed by atoms with Crippen molar-refractivity contribution in [1.29, 1.82) is 0 Å². The van der Waals surface area contributed by atoms with Gasteiger partial charge in [0, 0.05) is 23.5 Å². The number of nitrogens with two attached hydrogens (primary N) is 2. The van der Waals surface area contributed by atoms with Gasteiger partial charge in [-0.2, -0.15) is 5.10 Å². The zero-order chi connectivity index (χ0) is 20.9. The van der Waals surface area contributed by atoms with Crippen molar-refractivity contribution in [1.82, 2.24) is 4.57 Å². The third kappa shape index (κ3) is 5.31. The van der Waals surface area contributed by atoms with Gasteiger partial charge < -0.3 is 16.0 Å². The van der Waals surface area contributed by atoms with E-state index in [1.54, 1.807) is 6.21 Å². The fourth-order valence-electron chi connectivity index (χ4n) is 2.96. The minimum atomic E-state index is -0.0734. The van der Waals surface area contributed by atoms with Crippen LogP contribution < -0.4 is 11.5 Å². The van der Waals surface area contributed by atoms with Crippen LogP contribution in [-0.4, -0.2) is 22.5 Å². The van der Waals surface area contributed by atoms with Gasteiger partial charge in [-0.15, -0.1) is 5.10 Å². The van der Waals surface area contributed by atoms with Crippen LogP contribution in [0.2, 0.25) is 0 Å². The number of hydrogen-bond acceptors (Lipinski definition) is 3. The van der Waals surface area contributed by atoms with Crippen LogP contribution in [-0.2, 0) is 11.8 Å². The van der Waals surface area contributed by atoms with Gasteiger partial charge >= 0.3 is 0 Å². The van der Waals surface area contributed by atoms with Crippen LogP contribution in [0.3, 0.4) is 0 Å². The summed E-state index contributed by atoms with van der Waals surface area (Å²) in [6.45, 7) is 10.4. The number of benzene rings is 1. The molecule has 0 atom stereocenters. The fourth-order valence-corrected chi connectivity index (χ4v) is 2.96. The van der Waals surface area contributed by atoms with Crippen LogP contribution >= 0.6 is 0 Å². The normalized spacial score (nSPS) is 11.9. The van der Waals surface area contributed by atoms with Crippen LogP contribution in [0.5, 0.6) is 0 Å². The Hall–Kier alpha value is -2.89. The van der Waals surface area contributed by atoms with Crippen molar-refractivity contribution < 1.29 is 4.79 Å². The summed E-state index contributed by atoms with van der Waals surface area (Å²) in [6.07, 6.45) is 3.05. The third-order valence-electron chi connectivity index (χ3n) is 4.49. The average Bonchev–Trinajstić information content (AvgIpc) is 3.03. The predicted molar refractivity (Wildman–Crippen MR) is 116 cm³/mol. The van der Waals surface area contributed by atoms with Gasteiger partial charge in [-0.25, -0.2) is 0 Å². The van der Waals surface area contributed by atoms with Crippen molar-refractivity contribution >= 4 is 18.0 Å². The number of nitrogens with zero attached hydrogens (tertiary/aromatic N) is 3. The number of carbonyl (C=O) groups excluding carboxylic acids is 1. The summed E-state index contributed by atoms with van der Waals surface area (Å²) in [5.41, 5.74) is 14.5. The molecule has 150 valence electrons. The molecule has 1 aromatic heterocycles. The third-order valence-corrected chi connectivity index (χ3v) is 4.49. The standard InChI is InChI=1S/C22H31N5O/c1-15(2)20(28)19-12-11-17(10-7-13-25-26-21(23)24)27(19)18-9-6-8-16(14-18)22(3,4)5/h6,8-9,11-15H,7,10H2,1-5H3,(H4,23,24,26). The van der Waals surface area contributed by atoms with E-state index in [2.05, 4.69) is 47.7 Å². The first-order valence-electron chi connectivity index (χ1n) is 9.57. The molecular weight excluding hydrogens is 350 g/mol. The summed E-state index contributed by atoms with van der Waals surface area (Å²) >= 11 is 0. The highest BCUT2D eigenvalue weighted by atomic mass is 16.1. The first-order chi connectivity index (χ1) is 13.1. The molecule has 0 bridgehead atoms. The predicted octanol–water partition coefficient (Wildman–Crippen LogP) is 3.81. The van der Waals surface area contributed by atoms with Gasteiger partial charge in [0.2, 0.25) is 5.96 Å². The van der Waals surface area contributed by atoms with E-state index in [1.165, 1.54) is 5.56 Å². The molecule has 0 unspecified atom stereocenters. The Bertz CT molecular complexity index is 881. The monoisotopic (exact) mass is 381 g/mol. The quantitative estimate of drug-likeness (QED) is 0.330. The summed E-state index contributed by atoms with van der Waals surface area (Å²) in [5.74, 6) is -0.0132. The highest BCUT2D eigenvalue weighted by molar-refractivity contribution is 5.96. The largest absolute Gasteiger partial charge is 0.369 e. The van der Waals surface area contributed by atoms with Crippen molar-refractivity contribution in [3.8, 4) is 5.69 Å². The number of ketones is 1. The van der Waals surface area contributed by atoms with Gasteiger partial charge in [0.1, 0.15) is 0 Å². The smallest absolute Gasteiger partial charge is 0.211 e. The van der Waals surface area contributed by atoms with Crippen molar-refractivity contribution in [3.63, 3.8) is 0 Å². The van der Waals surface area contributed by atoms with Gasteiger partial charge in [-0.1, -0.05) is 46.8 Å². The highest BCUT2D eigenvalue weighted by Gasteiger charge is 2.20. The molecule has 28 heavy (non-hydrogen) atoms. The van der Waals surface area contributed by atoms with Crippen LogP contribution in [0.4, 0.5) is 0 Å². The van der Waals surface area contributed by atoms with E-state index in [0.717, 1.165) is 11.4 Å². The van der Waals surface area contributed by atoms with E-state index in [4.69, 9.17) is 11.5 Å². The number of rotatable bonds is 7. The molecule has 0 radical (unpaired) electrons. The number of hydrogen-bond donors (Lipinski definition) is 2. The molecule has 6 heteroatoms. The molecule has 0 spiro atoms. The van der Waals surface area contributed by atoms with Crippen LogP contribution in [0.15, 0.2) is 46.6 Å². The second kappa shape index (κ2) is 8.87. The topological polar surface area (TPSA) is 98.8 Å². The Morgan fingerprint density at radius 2 is 1.89 bits per heavy atom. The zero-order valence-electron chi connectivity index (χ0n) is 17.4. The molecule has 4 N–H and O–H groups in total. The van der Waals surface area contributed by atoms with Gasteiger partial charge in [-0.3, -0.25) is 4.79 Å². The maximum atomic E-state index is 12.8. The minimum Gasteiger partial charge on any atom is -0.369 e. The summed E-state index contributed by atoms with van der Waals surface area (Å²) in [6, 6.07) is 12.3. The maximum absolute atomic E-state index is 12.8. The molecular formula is C22H31N5O. The number of aromatic nitrogens is 1. The molecule has 1 heterocycles. The molecule has 0 fully saturated rings. The summed E-state index contributed by atoms with van der Waals surface area (Å²) in [7, 11) is 0. The Kier molecular flexibility index (Phi) is 6.78. The SMILES string of the molecule is CC(C)C(=O)c1ccc(CCC=NN=C(N)N)n1-c1cccc(C(C)(C)C)c1. The average molecular weight is 382 g/mol. The van der Waals surface area contributed by atoms with Crippen LogP contribution in [0.25, 0.3) is 5.69 Å². The fraction of sp³-hybridized carbons (Fsp3) is 0.409. The highest BCUT2D eigenvalue weighted by Crippen LogP contribution is 2.27. The second-order valence-corrected chi connectivity index (χ2v) is 8.23. The van der Waals surface area contributed by atoms with E-state index in [9.17, 15) is 4.79 Å². The van der Waals surface area contributed by atoms with Crippen molar-refractivity contribution in [2.45, 2.75) is 52.9 Å². The Morgan fingerprint density at radius 3 is 2.50 bits per heavy atom. The van der Waals surface area contributed by atoms with Crippen LogP contribution in [0.1, 0.15) is 62.8 Å². The zero-order valence-corrected chi connectivity index (χ0v) is 17.4. The number of guanidine groups is 1. The van der Waals surface area contributed by atoms with Crippen molar-refractivity contribution in [2.75, 3.05) is 0 Å². The van der Waals surface area contributed by atoms with E-state index in [-0.39, 0.29) is 23.1 Å². The van der Waals surface area contributed by atoms with E-state index < -0.39 is 0 Å². The molecule has 0 saturated heterocycles. The van der Waals surface area contributed by atoms with Crippen molar-refractivity contribution in [3.05, 3.63) is 53.3 Å². The molecule has 0 aliphatic heterocycles. The summed E-state index contributed by atoms with van der Waals surface area (Å²) in [4.78, 5) is 12.8. The number of carbonyl (C=O) groups is 1. The first kappa shape index (κ1) is 21.4. The van der Waals surface area contributed by atoms with E-state index >= 15 is 0 Å². The minimum absolute atomic E-state index is 0.0262. The molecule has 1 aromatic carbocycles.